The first-order chi connectivity index (χ1) is 15.7. The minimum absolute atomic E-state index is 0.0692. The predicted octanol–water partition coefficient (Wildman–Crippen LogP) is 5.54. The van der Waals surface area contributed by atoms with Crippen LogP contribution in [0.1, 0.15) is 48.6 Å². The van der Waals surface area contributed by atoms with Gasteiger partial charge in [-0.25, -0.2) is 0 Å². The monoisotopic (exact) mass is 426 g/mol. The highest BCUT2D eigenvalue weighted by Gasteiger charge is 2.23. The van der Waals surface area contributed by atoms with Crippen LogP contribution >= 0.6 is 0 Å². The van der Waals surface area contributed by atoms with Crippen LogP contribution in [0.3, 0.4) is 0 Å². The number of aromatic amines is 1. The quantitative estimate of drug-likeness (QED) is 0.407. The zero-order valence-electron chi connectivity index (χ0n) is 18.6. The van der Waals surface area contributed by atoms with Crippen LogP contribution in [0.5, 0.6) is 5.75 Å². The Morgan fingerprint density at radius 1 is 1.09 bits per heavy atom. The third-order valence-electron chi connectivity index (χ3n) is 6.50. The second-order valence-electron chi connectivity index (χ2n) is 8.92. The van der Waals surface area contributed by atoms with Gasteiger partial charge in [-0.2, -0.15) is 5.10 Å². The molecule has 1 atom stereocenters. The number of pyridine rings is 1. The highest BCUT2D eigenvalue weighted by molar-refractivity contribution is 5.87. The molecule has 164 valence electrons. The third-order valence-corrected chi connectivity index (χ3v) is 6.50. The van der Waals surface area contributed by atoms with Crippen LogP contribution in [0.15, 0.2) is 60.8 Å². The molecule has 4 aromatic rings. The number of aromatic nitrogens is 3. The normalized spacial score (nSPS) is 15.3. The maximum atomic E-state index is 6.34. The van der Waals surface area contributed by atoms with Crippen LogP contribution < -0.4 is 10.5 Å². The molecule has 0 saturated heterocycles. The Kier molecular flexibility index (Phi) is 5.91. The van der Waals surface area contributed by atoms with Crippen LogP contribution in [0.2, 0.25) is 0 Å². The van der Waals surface area contributed by atoms with Gasteiger partial charge in [0.2, 0.25) is 0 Å². The summed E-state index contributed by atoms with van der Waals surface area (Å²) in [6.45, 7) is 2.49. The molecule has 0 amide bonds. The molecule has 1 saturated carbocycles. The molecular weight excluding hydrogens is 396 g/mol. The number of ether oxygens (including phenoxy) is 1. The summed E-state index contributed by atoms with van der Waals surface area (Å²) >= 11 is 0. The van der Waals surface area contributed by atoms with E-state index in [-0.39, 0.29) is 6.04 Å². The van der Waals surface area contributed by atoms with E-state index < -0.39 is 0 Å². The number of H-pyrrole nitrogens is 1. The number of benzene rings is 2. The van der Waals surface area contributed by atoms with Crippen LogP contribution in [0.25, 0.3) is 22.0 Å². The Bertz CT molecular complexity index is 1190. The lowest BCUT2D eigenvalue weighted by molar-refractivity contribution is 0.286. The number of rotatable bonds is 7. The molecule has 3 N–H and O–H groups in total. The molecule has 1 aliphatic rings. The maximum Gasteiger partial charge on any atom is 0.138 e. The van der Waals surface area contributed by atoms with Gasteiger partial charge in [-0.05, 0) is 55.5 Å². The fraction of sp³-hybridized carbons (Fsp3) is 0.333. The predicted molar refractivity (Wildman–Crippen MR) is 129 cm³/mol. The first-order valence-corrected chi connectivity index (χ1v) is 11.5. The second-order valence-corrected chi connectivity index (χ2v) is 8.92. The molecule has 0 spiro atoms. The van der Waals surface area contributed by atoms with Crippen molar-refractivity contribution in [3.8, 4) is 16.9 Å². The molecule has 32 heavy (non-hydrogen) atoms. The van der Waals surface area contributed by atoms with Crippen molar-refractivity contribution >= 4 is 10.9 Å². The smallest absolute Gasteiger partial charge is 0.138 e. The number of hydrogen-bond donors (Lipinski definition) is 2. The Labute approximate surface area is 189 Å². The SMILES string of the molecule is Cc1n[nH]c2ccc(-c3cc(OC[C@@H](N)Cc4ccccc4)cnc3C3CCCC3)cc12. The minimum atomic E-state index is -0.0692. The third kappa shape index (κ3) is 4.39. The standard InChI is InChI=1S/C27H30N4O/c1-18-24-14-21(11-12-26(24)31-30-18)25-15-23(16-29-27(25)20-9-5-6-10-20)32-17-22(28)13-19-7-3-2-4-8-19/h2-4,7-8,11-12,14-16,20,22H,5-6,9-10,13,17,28H2,1H3,(H,30,31)/t22-/m0/s1. The summed E-state index contributed by atoms with van der Waals surface area (Å²) in [6.07, 6.45) is 7.62. The van der Waals surface area contributed by atoms with Gasteiger partial charge < -0.3 is 10.5 Å². The van der Waals surface area contributed by atoms with Crippen molar-refractivity contribution in [2.75, 3.05) is 6.61 Å². The van der Waals surface area contributed by atoms with Crippen LogP contribution in [-0.4, -0.2) is 27.8 Å². The molecule has 2 aromatic carbocycles. The lowest BCUT2D eigenvalue weighted by atomic mass is 9.93. The van der Waals surface area contributed by atoms with Gasteiger partial charge in [-0.1, -0.05) is 49.2 Å². The minimum Gasteiger partial charge on any atom is -0.490 e. The van der Waals surface area contributed by atoms with Gasteiger partial charge in [0.25, 0.3) is 0 Å². The lowest BCUT2D eigenvalue weighted by Gasteiger charge is -2.18. The molecule has 1 aliphatic carbocycles. The fourth-order valence-corrected chi connectivity index (χ4v) is 4.78. The Morgan fingerprint density at radius 2 is 1.91 bits per heavy atom. The molecule has 0 unspecified atom stereocenters. The largest absolute Gasteiger partial charge is 0.490 e. The highest BCUT2D eigenvalue weighted by Crippen LogP contribution is 2.40. The Morgan fingerprint density at radius 3 is 2.72 bits per heavy atom. The highest BCUT2D eigenvalue weighted by atomic mass is 16.5. The average Bonchev–Trinajstić information content (AvgIpc) is 3.48. The molecule has 0 bridgehead atoms. The second kappa shape index (κ2) is 9.13. The summed E-state index contributed by atoms with van der Waals surface area (Å²) in [5, 5.41) is 8.60. The Balaban J connectivity index is 1.41. The summed E-state index contributed by atoms with van der Waals surface area (Å²) in [6, 6.07) is 18.9. The number of nitrogens with two attached hydrogens (primary N) is 1. The van der Waals surface area contributed by atoms with Gasteiger partial charge in [0, 0.05) is 22.9 Å². The molecule has 2 aromatic heterocycles. The number of aryl methyl sites for hydroxylation is 1. The number of hydrogen-bond acceptors (Lipinski definition) is 4. The van der Waals surface area contributed by atoms with Crippen molar-refractivity contribution in [1.29, 1.82) is 0 Å². The van der Waals surface area contributed by atoms with E-state index in [1.54, 1.807) is 0 Å². The summed E-state index contributed by atoms with van der Waals surface area (Å²) in [7, 11) is 0. The summed E-state index contributed by atoms with van der Waals surface area (Å²) in [4.78, 5) is 4.90. The molecule has 1 fully saturated rings. The number of fused-ring (bicyclic) bond motifs is 1. The van der Waals surface area contributed by atoms with Crippen molar-refractivity contribution in [3.05, 3.63) is 77.7 Å². The van der Waals surface area contributed by atoms with E-state index in [2.05, 4.69) is 46.6 Å². The number of nitrogens with one attached hydrogen (secondary N) is 1. The van der Waals surface area contributed by atoms with Gasteiger partial charge >= 0.3 is 0 Å². The Hall–Kier alpha value is -3.18. The van der Waals surface area contributed by atoms with Crippen LogP contribution in [0, 0.1) is 6.92 Å². The lowest BCUT2D eigenvalue weighted by Crippen LogP contribution is -2.30. The molecule has 5 rings (SSSR count). The fourth-order valence-electron chi connectivity index (χ4n) is 4.78. The van der Waals surface area contributed by atoms with E-state index >= 15 is 0 Å². The summed E-state index contributed by atoms with van der Waals surface area (Å²) in [5.74, 6) is 1.29. The summed E-state index contributed by atoms with van der Waals surface area (Å²) < 4.78 is 6.11. The topological polar surface area (TPSA) is 76.8 Å². The van der Waals surface area contributed by atoms with E-state index in [1.807, 2.05) is 31.3 Å². The van der Waals surface area contributed by atoms with Crippen molar-refractivity contribution in [2.24, 2.45) is 5.73 Å². The van der Waals surface area contributed by atoms with E-state index in [1.165, 1.54) is 36.9 Å². The molecular formula is C27H30N4O. The van der Waals surface area contributed by atoms with Crippen molar-refractivity contribution in [1.82, 2.24) is 15.2 Å². The number of nitrogens with zero attached hydrogens (tertiary/aromatic N) is 2. The first kappa shape index (κ1) is 20.7. The van der Waals surface area contributed by atoms with Gasteiger partial charge in [0.15, 0.2) is 0 Å². The molecule has 0 radical (unpaired) electrons. The molecule has 5 nitrogen and oxygen atoms in total. The zero-order valence-corrected chi connectivity index (χ0v) is 18.6. The van der Waals surface area contributed by atoms with Gasteiger partial charge in [-0.15, -0.1) is 0 Å². The van der Waals surface area contributed by atoms with E-state index in [4.69, 9.17) is 15.5 Å². The van der Waals surface area contributed by atoms with Crippen molar-refractivity contribution < 1.29 is 4.74 Å². The van der Waals surface area contributed by atoms with E-state index in [0.29, 0.717) is 12.5 Å². The molecule has 5 heteroatoms. The molecule has 2 heterocycles. The van der Waals surface area contributed by atoms with Crippen molar-refractivity contribution in [3.63, 3.8) is 0 Å². The van der Waals surface area contributed by atoms with Gasteiger partial charge in [-0.3, -0.25) is 10.1 Å². The average molecular weight is 427 g/mol. The van der Waals surface area contributed by atoms with E-state index in [9.17, 15) is 0 Å². The molecule has 0 aliphatic heterocycles. The first-order valence-electron chi connectivity index (χ1n) is 11.5. The summed E-state index contributed by atoms with van der Waals surface area (Å²) in [5.41, 5.74) is 13.1. The van der Waals surface area contributed by atoms with E-state index in [0.717, 1.165) is 39.9 Å². The van der Waals surface area contributed by atoms with Crippen LogP contribution in [0.4, 0.5) is 0 Å². The van der Waals surface area contributed by atoms with Gasteiger partial charge in [0.1, 0.15) is 12.4 Å². The van der Waals surface area contributed by atoms with Crippen LogP contribution in [-0.2, 0) is 6.42 Å². The maximum absolute atomic E-state index is 6.34. The van der Waals surface area contributed by atoms with Crippen molar-refractivity contribution in [2.45, 2.75) is 51.0 Å². The van der Waals surface area contributed by atoms with Gasteiger partial charge in [0.05, 0.1) is 23.1 Å². The zero-order chi connectivity index (χ0) is 21.9.